The van der Waals surface area contributed by atoms with Crippen molar-refractivity contribution < 1.29 is 14.0 Å². The molecule has 2 saturated heterocycles. The maximum atomic E-state index is 15.9. The Labute approximate surface area is 267 Å². The molecule has 0 unspecified atom stereocenters. The van der Waals surface area contributed by atoms with Gasteiger partial charge in [-0.15, -0.1) is 0 Å². The van der Waals surface area contributed by atoms with E-state index in [-0.39, 0.29) is 53.0 Å². The van der Waals surface area contributed by atoms with E-state index in [4.69, 9.17) is 15.7 Å². The molecule has 2 aliphatic carbocycles. The second-order valence-electron chi connectivity index (χ2n) is 14.7. The summed E-state index contributed by atoms with van der Waals surface area (Å²) in [5.74, 6) is 0.194. The maximum absolute atomic E-state index is 15.9. The third kappa shape index (κ3) is 4.42. The number of nitrogens with two attached hydrogens (primary N) is 1. The SMILES string of the molecule is C[C@H]1NC(=O)C2(CCCCCCn3c(-c4nc5cc(C(=O)N6[C@H]7CC[C@@H]6[C@H](N)C7)c(F)cc5n4C4CC4)cc4ccc1nc43)CC2. The Kier molecular flexibility index (Phi) is 6.40. The molecule has 3 N–H and O–H groups in total. The van der Waals surface area contributed by atoms with Gasteiger partial charge in [0, 0.05) is 47.6 Å². The van der Waals surface area contributed by atoms with Crippen molar-refractivity contribution >= 4 is 33.9 Å². The minimum atomic E-state index is -0.497. The summed E-state index contributed by atoms with van der Waals surface area (Å²) in [5, 5.41) is 4.28. The molecule has 5 aliphatic rings. The number of fused-ring (bicyclic) bond motifs is 4. The zero-order chi connectivity index (χ0) is 31.3. The van der Waals surface area contributed by atoms with E-state index in [1.165, 1.54) is 6.07 Å². The molecule has 4 aromatic rings. The number of aryl methyl sites for hydroxylation is 1. The highest BCUT2D eigenvalue weighted by Gasteiger charge is 2.49. The molecule has 3 aromatic heterocycles. The van der Waals surface area contributed by atoms with Gasteiger partial charge in [-0.25, -0.2) is 14.4 Å². The molecule has 9 rings (SSSR count). The maximum Gasteiger partial charge on any atom is 0.257 e. The van der Waals surface area contributed by atoms with Crippen LogP contribution in [0, 0.1) is 11.2 Å². The van der Waals surface area contributed by atoms with Crippen LogP contribution in [-0.4, -0.2) is 53.9 Å². The second-order valence-corrected chi connectivity index (χ2v) is 14.7. The van der Waals surface area contributed by atoms with Gasteiger partial charge >= 0.3 is 0 Å². The van der Waals surface area contributed by atoms with Crippen LogP contribution in [-0.2, 0) is 11.3 Å². The van der Waals surface area contributed by atoms with Gasteiger partial charge in [0.2, 0.25) is 5.91 Å². The molecule has 4 bridgehead atoms. The number of pyridine rings is 1. The summed E-state index contributed by atoms with van der Waals surface area (Å²) in [6, 6.07) is 9.53. The first-order valence-corrected chi connectivity index (χ1v) is 17.4. The predicted octanol–water partition coefficient (Wildman–Crippen LogP) is 6.15. The fourth-order valence-electron chi connectivity index (χ4n) is 8.70. The van der Waals surface area contributed by atoms with Gasteiger partial charge in [-0.2, -0.15) is 0 Å². The Hall–Kier alpha value is -3.79. The van der Waals surface area contributed by atoms with Crippen LogP contribution in [0.5, 0.6) is 0 Å². The van der Waals surface area contributed by atoms with Crippen molar-refractivity contribution in [3.05, 3.63) is 47.4 Å². The highest BCUT2D eigenvalue weighted by atomic mass is 19.1. The van der Waals surface area contributed by atoms with Crippen molar-refractivity contribution in [2.75, 3.05) is 0 Å². The number of nitrogens with one attached hydrogen (secondary N) is 1. The Balaban J connectivity index is 1.14. The first kappa shape index (κ1) is 28.4. The standard InChI is InChI=1S/C36H42FN7O2/c1-20-27-10-6-21-16-31(42(32(21)40-27)15-5-3-2-4-12-36(13-14-36)35(46)39-20)33-41-28-18-24(25(37)19-30(28)43(33)22-7-8-22)34(45)44-23-9-11-29(44)26(38)17-23/h6,10,16,18-20,22-23,26,29H,2-5,7-9,11-15,17,38H2,1H3,(H,39,46)/t20-,23+,26-,29-/m1/s1. The summed E-state index contributed by atoms with van der Waals surface area (Å²) in [6.45, 7) is 2.81. The predicted molar refractivity (Wildman–Crippen MR) is 174 cm³/mol. The van der Waals surface area contributed by atoms with Crippen molar-refractivity contribution in [2.24, 2.45) is 11.1 Å². The molecule has 240 valence electrons. The molecule has 46 heavy (non-hydrogen) atoms. The Bertz CT molecular complexity index is 1900. The quantitative estimate of drug-likeness (QED) is 0.284. The Morgan fingerprint density at radius 2 is 1.80 bits per heavy atom. The summed E-state index contributed by atoms with van der Waals surface area (Å²) in [7, 11) is 0. The molecular formula is C36H42FN7O2. The number of hydrogen-bond donors (Lipinski definition) is 2. The van der Waals surface area contributed by atoms with E-state index in [0.29, 0.717) is 5.52 Å². The van der Waals surface area contributed by atoms with Gasteiger partial charge in [0.05, 0.1) is 34.0 Å². The summed E-state index contributed by atoms with van der Waals surface area (Å²) in [6.07, 6.45) is 11.8. The number of nitrogens with zero attached hydrogens (tertiary/aromatic N) is 5. The van der Waals surface area contributed by atoms with Gasteiger partial charge in [-0.3, -0.25) is 9.59 Å². The van der Waals surface area contributed by atoms with Gasteiger partial charge in [0.15, 0.2) is 5.82 Å². The topological polar surface area (TPSA) is 111 Å². The lowest BCUT2D eigenvalue weighted by Crippen LogP contribution is -2.40. The van der Waals surface area contributed by atoms with Crippen LogP contribution in [0.3, 0.4) is 0 Å². The highest BCUT2D eigenvalue weighted by molar-refractivity contribution is 5.99. The zero-order valence-electron chi connectivity index (χ0n) is 26.5. The number of hydrogen-bond acceptors (Lipinski definition) is 5. The average Bonchev–Trinajstić information content (AvgIpc) is 3.90. The molecule has 0 radical (unpaired) electrons. The van der Waals surface area contributed by atoms with E-state index in [2.05, 4.69) is 26.6 Å². The van der Waals surface area contributed by atoms with Crippen LogP contribution in [0.4, 0.5) is 4.39 Å². The van der Waals surface area contributed by atoms with Crippen LogP contribution in [0.15, 0.2) is 30.3 Å². The molecule has 1 spiro atoms. The molecule has 6 heterocycles. The molecule has 3 aliphatic heterocycles. The van der Waals surface area contributed by atoms with Crippen molar-refractivity contribution in [3.63, 3.8) is 0 Å². The summed E-state index contributed by atoms with van der Waals surface area (Å²) in [4.78, 5) is 39.1. The van der Waals surface area contributed by atoms with Gasteiger partial charge in [-0.05, 0) is 89.0 Å². The van der Waals surface area contributed by atoms with Crippen LogP contribution < -0.4 is 11.1 Å². The molecular weight excluding hydrogens is 581 g/mol. The van der Waals surface area contributed by atoms with Crippen molar-refractivity contribution in [2.45, 2.75) is 121 Å². The lowest BCUT2D eigenvalue weighted by molar-refractivity contribution is -0.127. The number of amides is 2. The largest absolute Gasteiger partial charge is 0.348 e. The van der Waals surface area contributed by atoms with Gasteiger partial charge in [-0.1, -0.05) is 19.3 Å². The van der Waals surface area contributed by atoms with Gasteiger partial charge < -0.3 is 25.1 Å². The molecule has 9 nitrogen and oxygen atoms in total. The number of benzene rings is 1. The number of aromatic nitrogens is 4. The average molecular weight is 624 g/mol. The molecule has 2 saturated carbocycles. The Morgan fingerprint density at radius 1 is 1.00 bits per heavy atom. The van der Waals surface area contributed by atoms with Crippen molar-refractivity contribution in [1.29, 1.82) is 0 Å². The van der Waals surface area contributed by atoms with Crippen LogP contribution in [0.25, 0.3) is 33.6 Å². The van der Waals surface area contributed by atoms with E-state index < -0.39 is 5.82 Å². The molecule has 1 aromatic carbocycles. The van der Waals surface area contributed by atoms with Crippen LogP contribution in [0.2, 0.25) is 0 Å². The van der Waals surface area contributed by atoms with E-state index >= 15 is 4.39 Å². The molecule has 4 atom stereocenters. The molecule has 10 heteroatoms. The van der Waals surface area contributed by atoms with E-state index in [0.717, 1.165) is 117 Å². The fourth-order valence-corrected chi connectivity index (χ4v) is 8.70. The minimum absolute atomic E-state index is 0.0137. The van der Waals surface area contributed by atoms with E-state index in [1.807, 2.05) is 17.9 Å². The van der Waals surface area contributed by atoms with Gasteiger partial charge in [0.1, 0.15) is 11.5 Å². The minimum Gasteiger partial charge on any atom is -0.348 e. The molecule has 2 amide bonds. The van der Waals surface area contributed by atoms with E-state index in [1.54, 1.807) is 6.07 Å². The zero-order valence-corrected chi connectivity index (χ0v) is 26.5. The lowest BCUT2D eigenvalue weighted by Gasteiger charge is -2.23. The fraction of sp³-hybridized carbons (Fsp3) is 0.556. The number of rotatable bonds is 3. The van der Waals surface area contributed by atoms with Crippen LogP contribution >= 0.6 is 0 Å². The van der Waals surface area contributed by atoms with Gasteiger partial charge in [0.25, 0.3) is 5.91 Å². The number of carbonyl (C=O) groups is 2. The monoisotopic (exact) mass is 623 g/mol. The highest BCUT2D eigenvalue weighted by Crippen LogP contribution is 2.50. The first-order chi connectivity index (χ1) is 22.3. The lowest BCUT2D eigenvalue weighted by atomic mass is 9.96. The van der Waals surface area contributed by atoms with Crippen LogP contribution in [0.1, 0.15) is 112 Å². The third-order valence-corrected chi connectivity index (χ3v) is 11.6. The Morgan fingerprint density at radius 3 is 2.54 bits per heavy atom. The summed E-state index contributed by atoms with van der Waals surface area (Å²) >= 11 is 0. The number of carbonyl (C=O) groups excluding carboxylic acids is 2. The number of imidazole rings is 1. The number of halogens is 1. The van der Waals surface area contributed by atoms with Crippen molar-refractivity contribution in [3.8, 4) is 11.5 Å². The first-order valence-electron chi connectivity index (χ1n) is 17.4. The smallest absolute Gasteiger partial charge is 0.257 e. The summed E-state index contributed by atoms with van der Waals surface area (Å²) < 4.78 is 20.3. The normalized spacial score (nSPS) is 27.5. The third-order valence-electron chi connectivity index (χ3n) is 11.6. The second kappa shape index (κ2) is 10.4. The van der Waals surface area contributed by atoms with Crippen molar-refractivity contribution in [1.82, 2.24) is 29.3 Å². The molecule has 4 fully saturated rings. The summed E-state index contributed by atoms with van der Waals surface area (Å²) in [5.41, 5.74) is 10.3. The van der Waals surface area contributed by atoms with E-state index in [9.17, 15) is 9.59 Å².